The highest BCUT2D eigenvalue weighted by Gasteiger charge is 2.37. The van der Waals surface area contributed by atoms with Crippen LogP contribution in [0.4, 0.5) is 0 Å². The lowest BCUT2D eigenvalue weighted by Gasteiger charge is -2.34. The number of aromatic nitrogens is 2. The molecule has 9 heteroatoms. The first-order valence-corrected chi connectivity index (χ1v) is 9.50. The molecule has 0 amide bonds. The van der Waals surface area contributed by atoms with Crippen molar-refractivity contribution in [1.29, 1.82) is 0 Å². The van der Waals surface area contributed by atoms with Crippen LogP contribution in [0.1, 0.15) is 11.9 Å². The number of nitrogens with one attached hydrogen (secondary N) is 1. The molecule has 1 atom stereocenters. The van der Waals surface area contributed by atoms with Crippen molar-refractivity contribution in [2.24, 2.45) is 7.05 Å². The van der Waals surface area contributed by atoms with E-state index >= 15 is 0 Å². The summed E-state index contributed by atoms with van der Waals surface area (Å²) < 4.78 is 30.3. The maximum Gasteiger partial charge on any atom is 0.253 e. The molecule has 0 aromatic carbocycles. The van der Waals surface area contributed by atoms with Crippen LogP contribution in [0.15, 0.2) is 32.5 Å². The minimum Gasteiger partial charge on any atom is -0.337 e. The quantitative estimate of drug-likeness (QED) is 0.863. The van der Waals surface area contributed by atoms with Crippen LogP contribution in [0, 0.1) is 0 Å². The second-order valence-corrected chi connectivity index (χ2v) is 9.37. The molecule has 2 aromatic heterocycles. The van der Waals surface area contributed by atoms with Gasteiger partial charge in [-0.15, -0.1) is 11.3 Å². The SMILES string of the molecule is Cn1ccnc1C1CNCCN1S(=O)(=O)c1ccc(Br)s1. The third-order valence-corrected chi connectivity index (χ3v) is 7.46. The molecule has 0 bridgehead atoms. The maximum absolute atomic E-state index is 12.9. The van der Waals surface area contributed by atoms with Gasteiger partial charge in [-0.05, 0) is 28.1 Å². The van der Waals surface area contributed by atoms with Gasteiger partial charge < -0.3 is 9.88 Å². The van der Waals surface area contributed by atoms with Crippen LogP contribution in [0.25, 0.3) is 0 Å². The van der Waals surface area contributed by atoms with Crippen molar-refractivity contribution in [3.05, 3.63) is 34.1 Å². The first-order chi connectivity index (χ1) is 10.00. The topological polar surface area (TPSA) is 67.2 Å². The molecule has 114 valence electrons. The third-order valence-electron chi connectivity index (χ3n) is 3.46. The Labute approximate surface area is 136 Å². The van der Waals surface area contributed by atoms with E-state index in [0.29, 0.717) is 23.8 Å². The second kappa shape index (κ2) is 5.81. The van der Waals surface area contributed by atoms with E-state index in [1.165, 1.54) is 11.3 Å². The van der Waals surface area contributed by atoms with Gasteiger partial charge in [0.15, 0.2) is 0 Å². The summed E-state index contributed by atoms with van der Waals surface area (Å²) in [6.07, 6.45) is 3.52. The molecule has 1 aliphatic heterocycles. The van der Waals surface area contributed by atoms with Crippen molar-refractivity contribution >= 4 is 37.3 Å². The van der Waals surface area contributed by atoms with Gasteiger partial charge in [0.25, 0.3) is 10.0 Å². The number of nitrogens with zero attached hydrogens (tertiary/aromatic N) is 3. The summed E-state index contributed by atoms with van der Waals surface area (Å²) >= 11 is 4.55. The van der Waals surface area contributed by atoms with Crippen molar-refractivity contribution in [2.45, 2.75) is 10.3 Å². The summed E-state index contributed by atoms with van der Waals surface area (Å²) in [5, 5.41) is 3.24. The molecule has 1 unspecified atom stereocenters. The van der Waals surface area contributed by atoms with Crippen molar-refractivity contribution in [1.82, 2.24) is 19.2 Å². The standard InChI is InChI=1S/C12H15BrN4O2S2/c1-16-6-5-15-12(16)9-8-14-4-7-17(9)21(18,19)11-3-2-10(13)20-11/h2-3,5-6,9,14H,4,7-8H2,1H3. The fourth-order valence-corrected chi connectivity index (χ4v) is 6.17. The highest BCUT2D eigenvalue weighted by molar-refractivity contribution is 9.11. The third kappa shape index (κ3) is 2.80. The van der Waals surface area contributed by atoms with Gasteiger partial charge in [-0.2, -0.15) is 4.31 Å². The second-order valence-electron chi connectivity index (χ2n) is 4.79. The Balaban J connectivity index is 2.00. The zero-order valence-electron chi connectivity index (χ0n) is 11.4. The van der Waals surface area contributed by atoms with Gasteiger partial charge in [-0.3, -0.25) is 0 Å². The molecule has 3 rings (SSSR count). The molecule has 1 N–H and O–H groups in total. The maximum atomic E-state index is 12.9. The summed E-state index contributed by atoms with van der Waals surface area (Å²) in [5.41, 5.74) is 0. The van der Waals surface area contributed by atoms with E-state index < -0.39 is 10.0 Å². The Bertz CT molecular complexity index is 740. The first kappa shape index (κ1) is 15.2. The Hall–Kier alpha value is -0.740. The predicted octanol–water partition coefficient (Wildman–Crippen LogP) is 1.58. The number of imidazole rings is 1. The Kier molecular flexibility index (Phi) is 4.19. The zero-order valence-corrected chi connectivity index (χ0v) is 14.6. The highest BCUT2D eigenvalue weighted by atomic mass is 79.9. The largest absolute Gasteiger partial charge is 0.337 e. The Morgan fingerprint density at radius 2 is 2.29 bits per heavy atom. The lowest BCUT2D eigenvalue weighted by molar-refractivity contribution is 0.259. The average molecular weight is 391 g/mol. The zero-order chi connectivity index (χ0) is 15.0. The number of piperazine rings is 1. The van der Waals surface area contributed by atoms with E-state index in [0.717, 1.165) is 9.61 Å². The molecular formula is C12H15BrN4O2S2. The van der Waals surface area contributed by atoms with Crippen molar-refractivity contribution in [2.75, 3.05) is 19.6 Å². The molecule has 3 heterocycles. The molecule has 1 saturated heterocycles. The molecule has 1 fully saturated rings. The first-order valence-electron chi connectivity index (χ1n) is 6.45. The van der Waals surface area contributed by atoms with Crippen molar-refractivity contribution in [3.63, 3.8) is 0 Å². The minimum absolute atomic E-state index is 0.287. The number of rotatable bonds is 3. The van der Waals surface area contributed by atoms with Crippen LogP contribution >= 0.6 is 27.3 Å². The number of aryl methyl sites for hydroxylation is 1. The molecule has 6 nitrogen and oxygen atoms in total. The van der Waals surface area contributed by atoms with Crippen LogP contribution in [-0.4, -0.2) is 41.9 Å². The average Bonchev–Trinajstić information content (AvgIpc) is 3.08. The molecule has 0 radical (unpaired) electrons. The van der Waals surface area contributed by atoms with E-state index in [1.54, 1.807) is 22.6 Å². The lowest BCUT2D eigenvalue weighted by Crippen LogP contribution is -2.49. The summed E-state index contributed by atoms with van der Waals surface area (Å²) in [7, 11) is -1.63. The number of hydrogen-bond donors (Lipinski definition) is 1. The van der Waals surface area contributed by atoms with Crippen LogP contribution in [0.5, 0.6) is 0 Å². The van der Waals surface area contributed by atoms with Crippen molar-refractivity contribution in [3.8, 4) is 0 Å². The summed E-state index contributed by atoms with van der Waals surface area (Å²) in [6.45, 7) is 1.65. The number of halogens is 1. The lowest BCUT2D eigenvalue weighted by atomic mass is 10.2. The Morgan fingerprint density at radius 3 is 2.90 bits per heavy atom. The van der Waals surface area contributed by atoms with E-state index in [2.05, 4.69) is 26.2 Å². The highest BCUT2D eigenvalue weighted by Crippen LogP contribution is 2.33. The molecule has 2 aromatic rings. The van der Waals surface area contributed by atoms with Crippen LogP contribution in [-0.2, 0) is 17.1 Å². The fourth-order valence-electron chi connectivity index (χ4n) is 2.44. The van der Waals surface area contributed by atoms with E-state index in [9.17, 15) is 8.42 Å². The van der Waals surface area contributed by atoms with Gasteiger partial charge in [-0.1, -0.05) is 0 Å². The monoisotopic (exact) mass is 390 g/mol. The number of thiophene rings is 1. The van der Waals surface area contributed by atoms with Crippen LogP contribution in [0.3, 0.4) is 0 Å². The fraction of sp³-hybridized carbons (Fsp3) is 0.417. The number of sulfonamides is 1. The molecule has 0 aliphatic carbocycles. The predicted molar refractivity (Wildman–Crippen MR) is 84.7 cm³/mol. The molecule has 21 heavy (non-hydrogen) atoms. The minimum atomic E-state index is -3.50. The van der Waals surface area contributed by atoms with Crippen molar-refractivity contribution < 1.29 is 8.42 Å². The van der Waals surface area contributed by atoms with Gasteiger partial charge in [0.1, 0.15) is 10.0 Å². The molecular weight excluding hydrogens is 376 g/mol. The van der Waals surface area contributed by atoms with Gasteiger partial charge in [0.2, 0.25) is 0 Å². The Morgan fingerprint density at radius 1 is 1.48 bits per heavy atom. The van der Waals surface area contributed by atoms with Crippen LogP contribution in [0.2, 0.25) is 0 Å². The summed E-state index contributed by atoms with van der Waals surface area (Å²) in [4.78, 5) is 4.31. The van der Waals surface area contributed by atoms with Crippen LogP contribution < -0.4 is 5.32 Å². The van der Waals surface area contributed by atoms with E-state index in [-0.39, 0.29) is 6.04 Å². The van der Waals surface area contributed by atoms with Gasteiger partial charge >= 0.3 is 0 Å². The molecule has 0 spiro atoms. The summed E-state index contributed by atoms with van der Waals surface area (Å²) in [5.74, 6) is 0.751. The van der Waals surface area contributed by atoms with Gasteiger partial charge in [0, 0.05) is 39.1 Å². The normalized spacial score (nSPS) is 20.8. The molecule has 1 aliphatic rings. The smallest absolute Gasteiger partial charge is 0.253 e. The number of hydrogen-bond acceptors (Lipinski definition) is 5. The van der Waals surface area contributed by atoms with Gasteiger partial charge in [-0.25, -0.2) is 13.4 Å². The summed E-state index contributed by atoms with van der Waals surface area (Å²) in [6, 6.07) is 3.11. The van der Waals surface area contributed by atoms with E-state index in [1.807, 2.05) is 17.8 Å². The molecule has 0 saturated carbocycles. The van der Waals surface area contributed by atoms with Gasteiger partial charge in [0.05, 0.1) is 9.83 Å². The van der Waals surface area contributed by atoms with E-state index in [4.69, 9.17) is 0 Å².